The number of fused-ring (bicyclic) bond motifs is 4. The molecule has 7 nitrogen and oxygen atoms in total. The summed E-state index contributed by atoms with van der Waals surface area (Å²) in [7, 11) is 0. The first-order valence-electron chi connectivity index (χ1n) is 9.15. The molecule has 1 aromatic rings. The summed E-state index contributed by atoms with van der Waals surface area (Å²) in [6, 6.07) is 6.55. The van der Waals surface area contributed by atoms with Gasteiger partial charge in [-0.1, -0.05) is 31.5 Å². The first-order chi connectivity index (χ1) is 12.4. The van der Waals surface area contributed by atoms with E-state index >= 15 is 0 Å². The average Bonchev–Trinajstić information content (AvgIpc) is 3.20. The minimum atomic E-state index is -1.31. The zero-order chi connectivity index (χ0) is 18.6. The Hall–Kier alpha value is -2.25. The van der Waals surface area contributed by atoms with E-state index in [4.69, 9.17) is 0 Å². The summed E-state index contributed by atoms with van der Waals surface area (Å²) >= 11 is 0. The molecule has 0 aromatic heterocycles. The number of hydrogen-bond acceptors (Lipinski definition) is 5. The van der Waals surface area contributed by atoms with E-state index in [0.29, 0.717) is 17.8 Å². The van der Waals surface area contributed by atoms with Gasteiger partial charge in [-0.05, 0) is 19.4 Å². The van der Waals surface area contributed by atoms with Gasteiger partial charge in [0.15, 0.2) is 0 Å². The first-order valence-corrected chi connectivity index (χ1v) is 9.15. The van der Waals surface area contributed by atoms with Gasteiger partial charge in [-0.3, -0.25) is 24.6 Å². The van der Waals surface area contributed by atoms with E-state index in [0.717, 1.165) is 12.8 Å². The van der Waals surface area contributed by atoms with Gasteiger partial charge in [0.1, 0.15) is 5.54 Å². The van der Waals surface area contributed by atoms with Gasteiger partial charge in [-0.15, -0.1) is 0 Å². The van der Waals surface area contributed by atoms with Crippen molar-refractivity contribution in [2.75, 3.05) is 11.9 Å². The standard InChI is InChI=1S/C19H23N3O4/c1-3-4-9-22-16(24)13-14(17(22)25)19(21-15(13)10(2)23)11-7-5-6-8-12(11)20-18(19)26/h5-8,10,13-15,21,23H,3-4,9H2,1-2H3,(H,20,26)/t10-,13-,14+,15-,19-/m1/s1. The molecule has 0 saturated carbocycles. The van der Waals surface area contributed by atoms with Crippen LogP contribution < -0.4 is 10.6 Å². The molecule has 4 rings (SSSR count). The second kappa shape index (κ2) is 5.89. The molecule has 2 fully saturated rings. The van der Waals surface area contributed by atoms with E-state index in [1.807, 2.05) is 19.1 Å². The minimum Gasteiger partial charge on any atom is -0.392 e. The number of carbonyl (C=O) groups is 3. The van der Waals surface area contributed by atoms with Crippen LogP contribution in [0.25, 0.3) is 0 Å². The highest BCUT2D eigenvalue weighted by Crippen LogP contribution is 2.53. The fourth-order valence-electron chi connectivity index (χ4n) is 4.70. The summed E-state index contributed by atoms with van der Waals surface area (Å²) in [6.45, 7) is 3.93. The van der Waals surface area contributed by atoms with Gasteiger partial charge < -0.3 is 10.4 Å². The summed E-state index contributed by atoms with van der Waals surface area (Å²) in [6.07, 6.45) is 0.712. The van der Waals surface area contributed by atoms with Crippen LogP contribution in [-0.2, 0) is 19.9 Å². The first kappa shape index (κ1) is 17.2. The Labute approximate surface area is 151 Å². The molecule has 1 aromatic carbocycles. The van der Waals surface area contributed by atoms with Crippen molar-refractivity contribution in [3.8, 4) is 0 Å². The number of nitrogens with one attached hydrogen (secondary N) is 2. The average molecular weight is 357 g/mol. The third-order valence-electron chi connectivity index (χ3n) is 5.90. The van der Waals surface area contributed by atoms with Crippen LogP contribution in [0.4, 0.5) is 5.69 Å². The topological polar surface area (TPSA) is 98.7 Å². The predicted octanol–water partition coefficient (Wildman–Crippen LogP) is 0.588. The van der Waals surface area contributed by atoms with Crippen LogP contribution in [-0.4, -0.2) is 46.4 Å². The molecule has 3 N–H and O–H groups in total. The molecule has 2 saturated heterocycles. The molecule has 0 radical (unpaired) electrons. The molecule has 0 unspecified atom stereocenters. The highest BCUT2D eigenvalue weighted by atomic mass is 16.3. The summed E-state index contributed by atoms with van der Waals surface area (Å²) in [5, 5.41) is 16.3. The van der Waals surface area contributed by atoms with Crippen LogP contribution in [0, 0.1) is 11.8 Å². The SMILES string of the molecule is CCCCN1C(=O)[C@H]2[C@@H]([C@@H](C)O)N[C@@]3(C(=O)Nc4ccccc43)[C@@H]2C1=O. The number of hydrogen-bond donors (Lipinski definition) is 3. The van der Waals surface area contributed by atoms with Crippen molar-refractivity contribution in [2.24, 2.45) is 11.8 Å². The molecule has 3 aliphatic heterocycles. The predicted molar refractivity (Wildman–Crippen MR) is 94.0 cm³/mol. The van der Waals surface area contributed by atoms with E-state index in [-0.39, 0.29) is 17.7 Å². The van der Waals surface area contributed by atoms with Gasteiger partial charge in [0.2, 0.25) is 17.7 Å². The third kappa shape index (κ3) is 2.04. The van der Waals surface area contributed by atoms with Crippen LogP contribution in [0.3, 0.4) is 0 Å². The van der Waals surface area contributed by atoms with Gasteiger partial charge in [0.05, 0.1) is 17.9 Å². The van der Waals surface area contributed by atoms with Gasteiger partial charge in [-0.2, -0.15) is 0 Å². The monoisotopic (exact) mass is 357 g/mol. The lowest BCUT2D eigenvalue weighted by Gasteiger charge is -2.30. The van der Waals surface area contributed by atoms with Gasteiger partial charge in [0, 0.05) is 23.8 Å². The fourth-order valence-corrected chi connectivity index (χ4v) is 4.70. The number of nitrogens with zero attached hydrogens (tertiary/aromatic N) is 1. The van der Waals surface area contributed by atoms with E-state index in [1.54, 1.807) is 19.1 Å². The molecule has 138 valence electrons. The number of amides is 3. The van der Waals surface area contributed by atoms with Crippen LogP contribution >= 0.6 is 0 Å². The molecule has 26 heavy (non-hydrogen) atoms. The quantitative estimate of drug-likeness (QED) is 0.685. The molecule has 0 bridgehead atoms. The third-order valence-corrected chi connectivity index (χ3v) is 5.90. The van der Waals surface area contributed by atoms with Crippen molar-refractivity contribution in [1.82, 2.24) is 10.2 Å². The largest absolute Gasteiger partial charge is 0.392 e. The number of likely N-dealkylation sites (tertiary alicyclic amines) is 1. The fraction of sp³-hybridized carbons (Fsp3) is 0.526. The molecule has 0 aliphatic carbocycles. The number of rotatable bonds is 4. The lowest BCUT2D eigenvalue weighted by molar-refractivity contribution is -0.143. The Morgan fingerprint density at radius 2 is 1.96 bits per heavy atom. The van der Waals surface area contributed by atoms with Crippen molar-refractivity contribution < 1.29 is 19.5 Å². The molecule has 7 heteroatoms. The highest BCUT2D eigenvalue weighted by molar-refractivity contribution is 6.15. The van der Waals surface area contributed by atoms with E-state index in [9.17, 15) is 19.5 Å². The molecule has 3 amide bonds. The maximum absolute atomic E-state index is 13.2. The van der Waals surface area contributed by atoms with E-state index in [1.165, 1.54) is 4.90 Å². The number of imide groups is 1. The Bertz CT molecular complexity index is 793. The molecular weight excluding hydrogens is 334 g/mol. The summed E-state index contributed by atoms with van der Waals surface area (Å²) in [5.74, 6) is -2.53. The zero-order valence-corrected chi connectivity index (χ0v) is 14.9. The van der Waals surface area contributed by atoms with Gasteiger partial charge >= 0.3 is 0 Å². The van der Waals surface area contributed by atoms with Crippen molar-refractivity contribution >= 4 is 23.4 Å². The van der Waals surface area contributed by atoms with Gasteiger partial charge in [-0.25, -0.2) is 0 Å². The summed E-state index contributed by atoms with van der Waals surface area (Å²) in [5.41, 5.74) is 0.000255. The molecule has 5 atom stereocenters. The van der Waals surface area contributed by atoms with Crippen molar-refractivity contribution in [1.29, 1.82) is 0 Å². The van der Waals surface area contributed by atoms with E-state index in [2.05, 4.69) is 10.6 Å². The maximum Gasteiger partial charge on any atom is 0.250 e. The smallest absolute Gasteiger partial charge is 0.250 e. The lowest BCUT2D eigenvalue weighted by Crippen LogP contribution is -2.54. The number of aliphatic hydroxyl groups excluding tert-OH is 1. The molecule has 3 heterocycles. The lowest BCUT2D eigenvalue weighted by atomic mass is 9.76. The summed E-state index contributed by atoms with van der Waals surface area (Å²) in [4.78, 5) is 40.5. The Balaban J connectivity index is 1.85. The second-order valence-corrected chi connectivity index (χ2v) is 7.40. The van der Waals surface area contributed by atoms with Crippen LogP contribution in [0.15, 0.2) is 24.3 Å². The van der Waals surface area contributed by atoms with Crippen molar-refractivity contribution in [3.05, 3.63) is 29.8 Å². The molecular formula is C19H23N3O4. The van der Waals surface area contributed by atoms with Crippen LogP contribution in [0.1, 0.15) is 32.3 Å². The van der Waals surface area contributed by atoms with Crippen molar-refractivity contribution in [3.63, 3.8) is 0 Å². The number of benzene rings is 1. The number of para-hydroxylation sites is 1. The van der Waals surface area contributed by atoms with E-state index < -0.39 is 29.5 Å². The minimum absolute atomic E-state index is 0.291. The van der Waals surface area contributed by atoms with Crippen molar-refractivity contribution in [2.45, 2.75) is 44.4 Å². The molecule has 3 aliphatic rings. The number of aliphatic hydroxyl groups is 1. The van der Waals surface area contributed by atoms with Crippen LogP contribution in [0.2, 0.25) is 0 Å². The van der Waals surface area contributed by atoms with Gasteiger partial charge in [0.25, 0.3) is 0 Å². The Morgan fingerprint density at radius 3 is 2.65 bits per heavy atom. The number of carbonyl (C=O) groups excluding carboxylic acids is 3. The van der Waals surface area contributed by atoms with Crippen LogP contribution in [0.5, 0.6) is 0 Å². The highest BCUT2D eigenvalue weighted by Gasteiger charge is 2.70. The Morgan fingerprint density at radius 1 is 1.23 bits per heavy atom. The molecule has 1 spiro atoms. The number of unbranched alkanes of at least 4 members (excludes halogenated alkanes) is 1. The zero-order valence-electron chi connectivity index (χ0n) is 14.9. The normalized spacial score (nSPS) is 33.6. The second-order valence-electron chi connectivity index (χ2n) is 7.40. The Kier molecular flexibility index (Phi) is 3.89. The summed E-state index contributed by atoms with van der Waals surface area (Å²) < 4.78 is 0. The number of anilines is 1. The maximum atomic E-state index is 13.2.